The van der Waals surface area contributed by atoms with Gasteiger partial charge in [0.25, 0.3) is 0 Å². The molecule has 2 aliphatic heterocycles. The first-order valence-corrected chi connectivity index (χ1v) is 12.2. The van der Waals surface area contributed by atoms with E-state index in [1.165, 1.54) is 24.1 Å². The quantitative estimate of drug-likeness (QED) is 0.455. The number of hydrogen-bond donors (Lipinski definition) is 1. The second-order valence-electron chi connectivity index (χ2n) is 8.70. The molecule has 0 amide bonds. The zero-order valence-corrected chi connectivity index (χ0v) is 19.8. The lowest BCUT2D eigenvalue weighted by Crippen LogP contribution is -2.40. The summed E-state index contributed by atoms with van der Waals surface area (Å²) < 4.78 is 11.5. The van der Waals surface area contributed by atoms with Gasteiger partial charge in [0.2, 0.25) is 0 Å². The number of rotatable bonds is 10. The fourth-order valence-corrected chi connectivity index (χ4v) is 4.49. The van der Waals surface area contributed by atoms with Crippen LogP contribution >= 0.6 is 0 Å². The Labute approximate surface area is 189 Å². The molecule has 31 heavy (non-hydrogen) atoms. The molecular formula is C25H42N4O2. The van der Waals surface area contributed by atoms with Crippen LogP contribution in [0.2, 0.25) is 0 Å². The molecule has 0 spiro atoms. The van der Waals surface area contributed by atoms with E-state index >= 15 is 0 Å². The fourth-order valence-electron chi connectivity index (χ4n) is 4.49. The van der Waals surface area contributed by atoms with Crippen molar-refractivity contribution in [2.24, 2.45) is 10.9 Å². The number of likely N-dealkylation sites (tertiary alicyclic amines) is 1. The van der Waals surface area contributed by atoms with E-state index in [2.05, 4.69) is 60.2 Å². The van der Waals surface area contributed by atoms with Crippen LogP contribution in [-0.2, 0) is 22.6 Å². The molecule has 1 N–H and O–H groups in total. The molecule has 1 atom stereocenters. The number of benzene rings is 1. The molecule has 0 radical (unpaired) electrons. The maximum atomic E-state index is 6.09. The van der Waals surface area contributed by atoms with E-state index in [9.17, 15) is 0 Å². The molecule has 174 valence electrons. The standard InChI is InChI=1S/C25H42N4O2/c1-4-26-25(29-13-10-23(19-29)18-28(5-2)6-3)27-17-21-8-7-9-22(16-21)20-31-24-11-14-30-15-12-24/h7-9,16,23-24H,4-6,10-15,17-20H2,1-3H3,(H,26,27). The van der Waals surface area contributed by atoms with Crippen LogP contribution in [0.15, 0.2) is 29.3 Å². The van der Waals surface area contributed by atoms with Crippen molar-refractivity contribution in [2.75, 3.05) is 52.5 Å². The Morgan fingerprint density at radius 2 is 1.94 bits per heavy atom. The highest BCUT2D eigenvalue weighted by Crippen LogP contribution is 2.18. The van der Waals surface area contributed by atoms with Gasteiger partial charge in [0, 0.05) is 39.4 Å². The summed E-state index contributed by atoms with van der Waals surface area (Å²) in [5, 5.41) is 3.51. The molecule has 0 saturated carbocycles. The Bertz CT molecular complexity index is 671. The molecular weight excluding hydrogens is 388 g/mol. The maximum Gasteiger partial charge on any atom is 0.194 e. The van der Waals surface area contributed by atoms with Crippen molar-refractivity contribution in [3.05, 3.63) is 35.4 Å². The van der Waals surface area contributed by atoms with Crippen molar-refractivity contribution in [3.8, 4) is 0 Å². The molecule has 1 aromatic rings. The summed E-state index contributed by atoms with van der Waals surface area (Å²) in [6, 6.07) is 8.67. The van der Waals surface area contributed by atoms with Crippen LogP contribution in [0.25, 0.3) is 0 Å². The molecule has 6 nitrogen and oxygen atoms in total. The van der Waals surface area contributed by atoms with Gasteiger partial charge >= 0.3 is 0 Å². The van der Waals surface area contributed by atoms with Crippen LogP contribution in [0.5, 0.6) is 0 Å². The zero-order valence-electron chi connectivity index (χ0n) is 19.8. The Hall–Kier alpha value is -1.63. The topological polar surface area (TPSA) is 49.3 Å². The molecule has 1 unspecified atom stereocenters. The predicted octanol–water partition coefficient (Wildman–Crippen LogP) is 3.51. The van der Waals surface area contributed by atoms with Gasteiger partial charge < -0.3 is 24.6 Å². The number of aliphatic imine (C=N–C) groups is 1. The van der Waals surface area contributed by atoms with E-state index in [-0.39, 0.29) is 0 Å². The fraction of sp³-hybridized carbons (Fsp3) is 0.720. The summed E-state index contributed by atoms with van der Waals surface area (Å²) >= 11 is 0. The molecule has 6 heteroatoms. The third-order valence-corrected chi connectivity index (χ3v) is 6.39. The third kappa shape index (κ3) is 7.78. The molecule has 2 saturated heterocycles. The van der Waals surface area contributed by atoms with Gasteiger partial charge in [0.15, 0.2) is 5.96 Å². The van der Waals surface area contributed by atoms with Crippen LogP contribution < -0.4 is 5.32 Å². The molecule has 0 aliphatic carbocycles. The molecule has 2 fully saturated rings. The summed E-state index contributed by atoms with van der Waals surface area (Å²) in [4.78, 5) is 9.95. The largest absolute Gasteiger partial charge is 0.381 e. The van der Waals surface area contributed by atoms with E-state index in [4.69, 9.17) is 14.5 Å². The van der Waals surface area contributed by atoms with Crippen molar-refractivity contribution in [2.45, 2.75) is 59.3 Å². The van der Waals surface area contributed by atoms with Crippen molar-refractivity contribution in [1.29, 1.82) is 0 Å². The number of guanidine groups is 1. The summed E-state index contributed by atoms with van der Waals surface area (Å²) in [5.74, 6) is 1.78. The van der Waals surface area contributed by atoms with Gasteiger partial charge in [-0.1, -0.05) is 38.1 Å². The Kier molecular flexibility index (Phi) is 10.1. The SMILES string of the molecule is CCNC(=NCc1cccc(COC2CCOCC2)c1)N1CCC(CN(CC)CC)C1. The lowest BCUT2D eigenvalue weighted by molar-refractivity contribution is -0.0390. The van der Waals surface area contributed by atoms with E-state index in [0.717, 1.165) is 70.7 Å². The highest BCUT2D eigenvalue weighted by molar-refractivity contribution is 5.80. The summed E-state index contributed by atoms with van der Waals surface area (Å²) in [6.45, 7) is 16.2. The average Bonchev–Trinajstić information content (AvgIpc) is 3.28. The third-order valence-electron chi connectivity index (χ3n) is 6.39. The number of hydrogen-bond acceptors (Lipinski definition) is 4. The van der Waals surface area contributed by atoms with Crippen molar-refractivity contribution in [1.82, 2.24) is 15.1 Å². The lowest BCUT2D eigenvalue weighted by atomic mass is 10.1. The van der Waals surface area contributed by atoms with Crippen LogP contribution in [0, 0.1) is 5.92 Å². The van der Waals surface area contributed by atoms with Crippen LogP contribution in [0.4, 0.5) is 0 Å². The predicted molar refractivity (Wildman–Crippen MR) is 127 cm³/mol. The highest BCUT2D eigenvalue weighted by atomic mass is 16.5. The second-order valence-corrected chi connectivity index (χ2v) is 8.70. The van der Waals surface area contributed by atoms with Gasteiger partial charge in [-0.2, -0.15) is 0 Å². The van der Waals surface area contributed by atoms with E-state index in [1.807, 2.05) is 0 Å². The van der Waals surface area contributed by atoms with Crippen LogP contribution in [0.3, 0.4) is 0 Å². The zero-order chi connectivity index (χ0) is 21.9. The van der Waals surface area contributed by atoms with Gasteiger partial charge in [0.1, 0.15) is 0 Å². The Balaban J connectivity index is 1.54. The van der Waals surface area contributed by atoms with Gasteiger partial charge in [-0.3, -0.25) is 0 Å². The van der Waals surface area contributed by atoms with Crippen molar-refractivity contribution in [3.63, 3.8) is 0 Å². The summed E-state index contributed by atoms with van der Waals surface area (Å²) in [6.07, 6.45) is 3.58. The lowest BCUT2D eigenvalue weighted by Gasteiger charge is -2.24. The Morgan fingerprint density at radius 3 is 2.68 bits per heavy atom. The van der Waals surface area contributed by atoms with Gasteiger partial charge in [-0.15, -0.1) is 0 Å². The second kappa shape index (κ2) is 13.0. The van der Waals surface area contributed by atoms with Crippen LogP contribution in [0.1, 0.15) is 51.2 Å². The first-order valence-electron chi connectivity index (χ1n) is 12.2. The summed E-state index contributed by atoms with van der Waals surface area (Å²) in [5.41, 5.74) is 2.46. The normalized spacial score (nSPS) is 20.6. The number of nitrogens with zero attached hydrogens (tertiary/aromatic N) is 3. The minimum Gasteiger partial charge on any atom is -0.381 e. The minimum atomic E-state index is 0.329. The Morgan fingerprint density at radius 1 is 1.16 bits per heavy atom. The number of nitrogens with one attached hydrogen (secondary N) is 1. The first-order chi connectivity index (χ1) is 15.2. The van der Waals surface area contributed by atoms with Crippen molar-refractivity contribution >= 4 is 5.96 Å². The van der Waals surface area contributed by atoms with Crippen molar-refractivity contribution < 1.29 is 9.47 Å². The molecule has 0 bridgehead atoms. The molecule has 1 aromatic carbocycles. The van der Waals surface area contributed by atoms with E-state index in [0.29, 0.717) is 19.3 Å². The summed E-state index contributed by atoms with van der Waals surface area (Å²) in [7, 11) is 0. The molecule has 0 aromatic heterocycles. The molecule has 2 heterocycles. The van der Waals surface area contributed by atoms with Gasteiger partial charge in [0.05, 0.1) is 19.3 Å². The van der Waals surface area contributed by atoms with E-state index in [1.54, 1.807) is 0 Å². The van der Waals surface area contributed by atoms with Gasteiger partial charge in [-0.25, -0.2) is 4.99 Å². The van der Waals surface area contributed by atoms with E-state index < -0.39 is 0 Å². The minimum absolute atomic E-state index is 0.329. The molecule has 3 rings (SSSR count). The molecule has 2 aliphatic rings. The number of ether oxygens (including phenoxy) is 2. The average molecular weight is 431 g/mol. The maximum absolute atomic E-state index is 6.09. The first kappa shape index (κ1) is 24.0. The van der Waals surface area contributed by atoms with Gasteiger partial charge in [-0.05, 0) is 56.3 Å². The highest BCUT2D eigenvalue weighted by Gasteiger charge is 2.25. The smallest absolute Gasteiger partial charge is 0.194 e. The monoisotopic (exact) mass is 430 g/mol. The van der Waals surface area contributed by atoms with Crippen LogP contribution in [-0.4, -0.2) is 74.3 Å².